The van der Waals surface area contributed by atoms with Crippen LogP contribution >= 0.6 is 0 Å². The molecule has 21 aromatic rings. The zero-order chi connectivity index (χ0) is 66.1. The molecule has 0 spiro atoms. The van der Waals surface area contributed by atoms with Crippen LogP contribution in [0.1, 0.15) is 11.1 Å². The van der Waals surface area contributed by atoms with Gasteiger partial charge >= 0.3 is 0 Å². The van der Waals surface area contributed by atoms with Crippen molar-refractivity contribution < 1.29 is 0 Å². The molecule has 0 unspecified atom stereocenters. The van der Waals surface area contributed by atoms with Crippen molar-refractivity contribution in [3.63, 3.8) is 0 Å². The highest BCUT2D eigenvalue weighted by molar-refractivity contribution is 6.17. The number of aromatic nitrogens is 6. The predicted octanol–water partition coefficient (Wildman–Crippen LogP) is 23.4. The standard InChI is InChI=1S/C56H32N6.C36H24N2/c57-33-43-53(59-45-25-9-1-17-35(45)36-18-2-10-26-46(36)59)54(60-47-27-11-3-19-37(47)38-20-4-12-28-48(38)60)44(34-58)56(62-51-31-15-7-23-41(51)42-24-8-16-32-52(42)62)55(43)61-49-29-13-5-21-39(49)40-22-6-14-30-50(40)61;1-5-19-33-29(15-1)30-16-2-6-20-34(30)37(33)27-13-9-11-25(23-27)26-12-10-14-28(24-26)38-35-21-7-3-17-31(35)32-18-4-8-22-36(32)38/h1-32H;1-24H. The highest BCUT2D eigenvalue weighted by Gasteiger charge is 2.34. The maximum Gasteiger partial charge on any atom is 0.104 e. The second-order valence-electron chi connectivity index (χ2n) is 25.7. The van der Waals surface area contributed by atoms with Gasteiger partial charge in [0.15, 0.2) is 0 Å². The number of nitriles is 2. The highest BCUT2D eigenvalue weighted by atomic mass is 15.1. The van der Waals surface area contributed by atoms with Gasteiger partial charge in [0.2, 0.25) is 0 Å². The molecule has 6 aromatic heterocycles. The van der Waals surface area contributed by atoms with Crippen molar-refractivity contribution in [2.24, 2.45) is 0 Å². The zero-order valence-electron chi connectivity index (χ0n) is 53.9. The van der Waals surface area contributed by atoms with E-state index in [2.05, 4.69) is 379 Å². The van der Waals surface area contributed by atoms with Gasteiger partial charge in [-0.2, -0.15) is 10.5 Å². The first kappa shape index (κ1) is 56.4. The predicted molar refractivity (Wildman–Crippen MR) is 414 cm³/mol. The zero-order valence-corrected chi connectivity index (χ0v) is 53.9. The Morgan fingerprint density at radius 3 is 0.500 bits per heavy atom. The van der Waals surface area contributed by atoms with Crippen LogP contribution in [0.25, 0.3) is 176 Å². The van der Waals surface area contributed by atoms with Crippen molar-refractivity contribution in [3.05, 3.63) is 351 Å². The van der Waals surface area contributed by atoms with E-state index < -0.39 is 0 Å². The van der Waals surface area contributed by atoms with E-state index in [4.69, 9.17) is 0 Å². The lowest BCUT2D eigenvalue weighted by Gasteiger charge is -2.27. The molecule has 21 rings (SSSR count). The van der Waals surface area contributed by atoms with Crippen LogP contribution in [0.4, 0.5) is 0 Å². The Balaban J connectivity index is 0.000000151. The van der Waals surface area contributed by atoms with Crippen LogP contribution in [-0.2, 0) is 0 Å². The summed E-state index contributed by atoms with van der Waals surface area (Å²) in [5, 5.41) is 38.1. The second kappa shape index (κ2) is 22.3. The number of rotatable bonds is 7. The first-order valence-corrected chi connectivity index (χ1v) is 33.8. The molecule has 0 amide bonds. The van der Waals surface area contributed by atoms with Crippen LogP contribution in [-0.4, -0.2) is 27.4 Å². The summed E-state index contributed by atoms with van der Waals surface area (Å²) < 4.78 is 13.7. The third-order valence-corrected chi connectivity index (χ3v) is 20.5. The average molecular weight is 1270 g/mol. The Labute approximate surface area is 573 Å². The Morgan fingerprint density at radius 1 is 0.170 bits per heavy atom. The molecule has 0 bridgehead atoms. The third kappa shape index (κ3) is 8.20. The van der Waals surface area contributed by atoms with E-state index >= 15 is 0 Å². The first-order chi connectivity index (χ1) is 49.6. The van der Waals surface area contributed by atoms with E-state index in [1.807, 2.05) is 0 Å². The van der Waals surface area contributed by atoms with Gasteiger partial charge in [0.05, 0.1) is 88.9 Å². The SMILES string of the molecule is N#Cc1c(-n2c3ccccc3c3ccccc32)c(-n2c3ccccc3c3ccccc32)c(C#N)c(-n2c3ccccc3c3ccccc32)c1-n1c2ccccc2c2ccccc21.c1cc(-c2cccc(-n3c4ccccc4c4ccccc43)c2)cc(-n2c3ccccc3c3ccccc32)c1. The van der Waals surface area contributed by atoms with E-state index in [0.29, 0.717) is 33.9 Å². The molecule has 0 saturated heterocycles. The molecule has 464 valence electrons. The van der Waals surface area contributed by atoms with Gasteiger partial charge in [0.1, 0.15) is 23.3 Å². The molecule has 0 saturated carbocycles. The summed E-state index contributed by atoms with van der Waals surface area (Å²) in [4.78, 5) is 0. The molecule has 0 aliphatic heterocycles. The molecule has 100 heavy (non-hydrogen) atoms. The molecular formula is C92H56N8. The Bertz CT molecular complexity index is 6090. The lowest BCUT2D eigenvalue weighted by atomic mass is 9.98. The van der Waals surface area contributed by atoms with Gasteiger partial charge in [0, 0.05) is 76.0 Å². The minimum absolute atomic E-state index is 0.440. The van der Waals surface area contributed by atoms with Crippen LogP contribution in [0, 0.1) is 22.7 Å². The van der Waals surface area contributed by atoms with E-state index in [1.54, 1.807) is 0 Å². The molecule has 0 radical (unpaired) electrons. The normalized spacial score (nSPS) is 11.8. The number of benzene rings is 15. The quantitative estimate of drug-likeness (QED) is 0.159. The van der Waals surface area contributed by atoms with Crippen molar-refractivity contribution in [2.45, 2.75) is 0 Å². The fourth-order valence-electron chi connectivity index (χ4n) is 16.5. The van der Waals surface area contributed by atoms with Crippen molar-refractivity contribution in [2.75, 3.05) is 0 Å². The van der Waals surface area contributed by atoms with E-state index in [9.17, 15) is 10.5 Å². The van der Waals surface area contributed by atoms with Crippen LogP contribution < -0.4 is 0 Å². The Morgan fingerprint density at radius 2 is 0.330 bits per heavy atom. The number of hydrogen-bond acceptors (Lipinski definition) is 2. The van der Waals surface area contributed by atoms with E-state index in [1.165, 1.54) is 66.1 Å². The molecule has 8 nitrogen and oxygen atoms in total. The fraction of sp³-hybridized carbons (Fsp3) is 0. The minimum atomic E-state index is 0.440. The second-order valence-corrected chi connectivity index (χ2v) is 25.7. The lowest BCUT2D eigenvalue weighted by molar-refractivity contribution is 1.02. The number of nitrogens with zero attached hydrogens (tertiary/aromatic N) is 8. The highest BCUT2D eigenvalue weighted by Crippen LogP contribution is 2.49. The molecule has 0 aliphatic carbocycles. The van der Waals surface area contributed by atoms with Crippen LogP contribution in [0.15, 0.2) is 340 Å². The monoisotopic (exact) mass is 1270 g/mol. The Hall–Kier alpha value is -13.9. The number of fused-ring (bicyclic) bond motifs is 18. The fourth-order valence-corrected chi connectivity index (χ4v) is 16.5. The topological polar surface area (TPSA) is 77.2 Å². The van der Waals surface area contributed by atoms with Crippen LogP contribution in [0.2, 0.25) is 0 Å². The number of hydrogen-bond donors (Lipinski definition) is 0. The van der Waals surface area contributed by atoms with E-state index in [0.717, 1.165) is 87.2 Å². The summed E-state index contributed by atoms with van der Waals surface area (Å²) in [5.41, 5.74) is 20.6. The van der Waals surface area contributed by atoms with Gasteiger partial charge in [-0.3, -0.25) is 0 Å². The number of para-hydroxylation sites is 12. The largest absolute Gasteiger partial charge is 0.309 e. The van der Waals surface area contributed by atoms with Gasteiger partial charge in [-0.15, -0.1) is 0 Å². The smallest absolute Gasteiger partial charge is 0.104 e. The minimum Gasteiger partial charge on any atom is -0.309 e. The molecule has 0 N–H and O–H groups in total. The molecule has 0 atom stereocenters. The molecule has 8 heteroatoms. The van der Waals surface area contributed by atoms with Gasteiger partial charge in [-0.1, -0.05) is 243 Å². The van der Waals surface area contributed by atoms with Gasteiger partial charge in [-0.25, -0.2) is 0 Å². The van der Waals surface area contributed by atoms with Gasteiger partial charge < -0.3 is 27.4 Å². The maximum absolute atomic E-state index is 12.3. The molecule has 0 fully saturated rings. The summed E-state index contributed by atoms with van der Waals surface area (Å²) in [6.45, 7) is 0. The van der Waals surface area contributed by atoms with Gasteiger partial charge in [-0.05, 0) is 108 Å². The van der Waals surface area contributed by atoms with Crippen LogP contribution in [0.5, 0.6) is 0 Å². The molecular weight excluding hydrogens is 1220 g/mol. The maximum atomic E-state index is 12.3. The first-order valence-electron chi connectivity index (χ1n) is 33.8. The summed E-state index contributed by atoms with van der Waals surface area (Å²) in [6, 6.07) is 125. The molecule has 15 aromatic carbocycles. The lowest BCUT2D eigenvalue weighted by Crippen LogP contribution is -2.16. The van der Waals surface area contributed by atoms with Crippen molar-refractivity contribution in [1.82, 2.24) is 27.4 Å². The molecule has 6 heterocycles. The Kier molecular flexibility index (Phi) is 12.6. The average Bonchev–Trinajstić information content (AvgIpc) is 1.46. The van der Waals surface area contributed by atoms with Gasteiger partial charge in [0.25, 0.3) is 0 Å². The summed E-state index contributed by atoms with van der Waals surface area (Å²) in [5.74, 6) is 0. The summed E-state index contributed by atoms with van der Waals surface area (Å²) in [7, 11) is 0. The van der Waals surface area contributed by atoms with Crippen molar-refractivity contribution in [1.29, 1.82) is 10.5 Å². The summed E-state index contributed by atoms with van der Waals surface area (Å²) >= 11 is 0. The van der Waals surface area contributed by atoms with Crippen molar-refractivity contribution >= 4 is 131 Å². The van der Waals surface area contributed by atoms with Crippen LogP contribution in [0.3, 0.4) is 0 Å². The van der Waals surface area contributed by atoms with E-state index in [-0.39, 0.29) is 0 Å². The van der Waals surface area contributed by atoms with Crippen molar-refractivity contribution in [3.8, 4) is 57.4 Å². The summed E-state index contributed by atoms with van der Waals surface area (Å²) in [6.07, 6.45) is 0. The third-order valence-electron chi connectivity index (χ3n) is 20.5. The molecule has 0 aliphatic rings.